The second-order valence-electron chi connectivity index (χ2n) is 4.47. The maximum absolute atomic E-state index is 4.29. The minimum atomic E-state index is 0.743. The van der Waals surface area contributed by atoms with Crippen LogP contribution in [0.2, 0.25) is 0 Å². The Morgan fingerprint density at radius 1 is 1.19 bits per heavy atom. The highest BCUT2D eigenvalue weighted by Gasteiger charge is 2.09. The maximum Gasteiger partial charge on any atom is 0.150 e. The van der Waals surface area contributed by atoms with Crippen molar-refractivity contribution in [1.82, 2.24) is 15.0 Å². The Kier molecular flexibility index (Phi) is 4.31. The summed E-state index contributed by atoms with van der Waals surface area (Å²) in [5.74, 6) is 1.54. The Hall–Kier alpha value is -1.73. The van der Waals surface area contributed by atoms with Gasteiger partial charge in [0.05, 0.1) is 15.7 Å². The summed E-state index contributed by atoms with van der Waals surface area (Å²) < 4.78 is 1.98. The van der Waals surface area contributed by atoms with E-state index < -0.39 is 0 Å². The molecule has 0 fully saturated rings. The summed E-state index contributed by atoms with van der Waals surface area (Å²) in [6.07, 6.45) is 2.59. The Morgan fingerprint density at radius 3 is 2.90 bits per heavy atom. The molecule has 2 aromatic heterocycles. The predicted molar refractivity (Wildman–Crippen MR) is 91.4 cm³/mol. The van der Waals surface area contributed by atoms with Gasteiger partial charge >= 0.3 is 0 Å². The largest absolute Gasteiger partial charge is 0.369 e. The van der Waals surface area contributed by atoms with Crippen LogP contribution in [0.3, 0.4) is 0 Å². The van der Waals surface area contributed by atoms with E-state index in [1.54, 1.807) is 17.7 Å². The molecule has 21 heavy (non-hydrogen) atoms. The summed E-state index contributed by atoms with van der Waals surface area (Å²) in [5.41, 5.74) is 3.84. The van der Waals surface area contributed by atoms with Crippen molar-refractivity contribution in [3.63, 3.8) is 0 Å². The van der Waals surface area contributed by atoms with Gasteiger partial charge in [-0.05, 0) is 40.5 Å². The third-order valence-corrected chi connectivity index (χ3v) is 4.47. The van der Waals surface area contributed by atoms with Crippen LogP contribution in [0.5, 0.6) is 0 Å². The van der Waals surface area contributed by atoms with Gasteiger partial charge in [0, 0.05) is 12.2 Å². The minimum absolute atomic E-state index is 0.743. The lowest BCUT2D eigenvalue weighted by atomic mass is 10.3. The standard InChI is InChI=1S/C14H14BrN5S/c1-2-5-16-13-12(15)14(18-7-17-13)20-9-3-4-10-11(6-9)21-8-19-10/h3-4,6-8H,2,5H2,1H3,(H2,16,17,18,20). The van der Waals surface area contributed by atoms with Gasteiger partial charge in [0.2, 0.25) is 0 Å². The number of aromatic nitrogens is 3. The third kappa shape index (κ3) is 3.14. The molecule has 2 heterocycles. The summed E-state index contributed by atoms with van der Waals surface area (Å²) in [7, 11) is 0. The molecule has 0 aliphatic heterocycles. The van der Waals surface area contributed by atoms with Crippen molar-refractivity contribution in [3.8, 4) is 0 Å². The number of benzene rings is 1. The van der Waals surface area contributed by atoms with E-state index in [-0.39, 0.29) is 0 Å². The van der Waals surface area contributed by atoms with Gasteiger partial charge in [-0.25, -0.2) is 15.0 Å². The fourth-order valence-electron chi connectivity index (χ4n) is 1.89. The molecule has 3 aromatic rings. The zero-order valence-electron chi connectivity index (χ0n) is 11.4. The number of rotatable bonds is 5. The van der Waals surface area contributed by atoms with Crippen LogP contribution in [0.15, 0.2) is 34.5 Å². The Morgan fingerprint density at radius 2 is 2.05 bits per heavy atom. The lowest BCUT2D eigenvalue weighted by molar-refractivity contribution is 0.962. The van der Waals surface area contributed by atoms with Crippen LogP contribution in [0, 0.1) is 0 Å². The molecule has 2 N–H and O–H groups in total. The van der Waals surface area contributed by atoms with Crippen LogP contribution in [-0.4, -0.2) is 21.5 Å². The molecule has 0 saturated carbocycles. The SMILES string of the molecule is CCCNc1ncnc(Nc2ccc3ncsc3c2)c1Br. The van der Waals surface area contributed by atoms with Crippen molar-refractivity contribution in [2.24, 2.45) is 0 Å². The molecule has 0 radical (unpaired) electrons. The van der Waals surface area contributed by atoms with Gasteiger partial charge in [-0.2, -0.15) is 0 Å². The van der Waals surface area contributed by atoms with Crippen LogP contribution in [-0.2, 0) is 0 Å². The highest BCUT2D eigenvalue weighted by Crippen LogP contribution is 2.30. The second-order valence-corrected chi connectivity index (χ2v) is 6.15. The van der Waals surface area contributed by atoms with E-state index in [1.807, 2.05) is 17.6 Å². The molecule has 0 bridgehead atoms. The number of nitrogens with one attached hydrogen (secondary N) is 2. The van der Waals surface area contributed by atoms with E-state index in [1.165, 1.54) is 0 Å². The molecule has 0 aliphatic carbocycles. The number of fused-ring (bicyclic) bond motifs is 1. The molecule has 3 rings (SSSR count). The molecule has 108 valence electrons. The highest BCUT2D eigenvalue weighted by molar-refractivity contribution is 9.10. The summed E-state index contributed by atoms with van der Waals surface area (Å²) in [6, 6.07) is 6.07. The van der Waals surface area contributed by atoms with E-state index in [2.05, 4.69) is 54.5 Å². The van der Waals surface area contributed by atoms with Crippen molar-refractivity contribution >= 4 is 54.8 Å². The second kappa shape index (κ2) is 6.36. The van der Waals surface area contributed by atoms with E-state index in [0.29, 0.717) is 0 Å². The average molecular weight is 364 g/mol. The van der Waals surface area contributed by atoms with Crippen molar-refractivity contribution < 1.29 is 0 Å². The fraction of sp³-hybridized carbons (Fsp3) is 0.214. The van der Waals surface area contributed by atoms with Crippen LogP contribution >= 0.6 is 27.3 Å². The van der Waals surface area contributed by atoms with E-state index >= 15 is 0 Å². The van der Waals surface area contributed by atoms with Crippen molar-refractivity contribution in [3.05, 3.63) is 34.5 Å². The first kappa shape index (κ1) is 14.2. The molecule has 0 aliphatic rings. The molecule has 1 aromatic carbocycles. The Balaban J connectivity index is 1.86. The molecular formula is C14H14BrN5S. The summed E-state index contributed by atoms with van der Waals surface area (Å²) in [6.45, 7) is 2.99. The predicted octanol–water partition coefficient (Wildman–Crippen LogP) is 4.41. The molecule has 7 heteroatoms. The molecule has 0 atom stereocenters. The molecular weight excluding hydrogens is 350 g/mol. The number of halogens is 1. The molecule has 0 amide bonds. The van der Waals surface area contributed by atoms with Crippen LogP contribution < -0.4 is 10.6 Å². The Bertz CT molecular complexity index is 758. The molecule has 0 unspecified atom stereocenters. The summed E-state index contributed by atoms with van der Waals surface area (Å²) in [4.78, 5) is 12.8. The van der Waals surface area contributed by atoms with Crippen LogP contribution in [0.25, 0.3) is 10.2 Å². The maximum atomic E-state index is 4.29. The monoisotopic (exact) mass is 363 g/mol. The topological polar surface area (TPSA) is 62.7 Å². The van der Waals surface area contributed by atoms with Crippen molar-refractivity contribution in [1.29, 1.82) is 0 Å². The van der Waals surface area contributed by atoms with Crippen LogP contribution in [0.1, 0.15) is 13.3 Å². The van der Waals surface area contributed by atoms with Crippen LogP contribution in [0.4, 0.5) is 17.3 Å². The number of anilines is 3. The van der Waals surface area contributed by atoms with Gasteiger partial charge in [-0.1, -0.05) is 6.92 Å². The van der Waals surface area contributed by atoms with Crippen molar-refractivity contribution in [2.45, 2.75) is 13.3 Å². The van der Waals surface area contributed by atoms with Gasteiger partial charge in [0.15, 0.2) is 0 Å². The zero-order chi connectivity index (χ0) is 14.7. The van der Waals surface area contributed by atoms with Gasteiger partial charge < -0.3 is 10.6 Å². The first-order valence-electron chi connectivity index (χ1n) is 6.62. The average Bonchev–Trinajstić information content (AvgIpc) is 2.96. The Labute approximate surface area is 135 Å². The van der Waals surface area contributed by atoms with E-state index in [9.17, 15) is 0 Å². The van der Waals surface area contributed by atoms with Gasteiger partial charge in [-0.3, -0.25) is 0 Å². The normalized spacial score (nSPS) is 10.8. The molecule has 5 nitrogen and oxygen atoms in total. The highest BCUT2D eigenvalue weighted by atomic mass is 79.9. The number of hydrogen-bond acceptors (Lipinski definition) is 6. The quantitative estimate of drug-likeness (QED) is 0.702. The number of hydrogen-bond donors (Lipinski definition) is 2. The number of nitrogens with zero attached hydrogens (tertiary/aromatic N) is 3. The first-order chi connectivity index (χ1) is 10.3. The van der Waals surface area contributed by atoms with Gasteiger partial charge in [-0.15, -0.1) is 11.3 Å². The van der Waals surface area contributed by atoms with E-state index in [4.69, 9.17) is 0 Å². The van der Waals surface area contributed by atoms with Gasteiger partial charge in [0.1, 0.15) is 22.4 Å². The summed E-state index contributed by atoms with van der Waals surface area (Å²) >= 11 is 5.17. The third-order valence-electron chi connectivity index (χ3n) is 2.93. The number of thiazole rings is 1. The van der Waals surface area contributed by atoms with Gasteiger partial charge in [0.25, 0.3) is 0 Å². The lowest BCUT2D eigenvalue weighted by Gasteiger charge is -2.11. The molecule has 0 saturated heterocycles. The van der Waals surface area contributed by atoms with E-state index in [0.717, 1.165) is 45.0 Å². The minimum Gasteiger partial charge on any atom is -0.369 e. The van der Waals surface area contributed by atoms with Crippen molar-refractivity contribution in [2.75, 3.05) is 17.2 Å². The summed E-state index contributed by atoms with van der Waals surface area (Å²) in [5, 5.41) is 6.58. The first-order valence-corrected chi connectivity index (χ1v) is 8.30. The zero-order valence-corrected chi connectivity index (χ0v) is 13.8. The fourth-order valence-corrected chi connectivity index (χ4v) is 3.05. The smallest absolute Gasteiger partial charge is 0.150 e. The molecule has 0 spiro atoms. The lowest BCUT2D eigenvalue weighted by Crippen LogP contribution is -2.05.